The standard InChI is InChI=1S/C12H14N2OS2/c1-14(2)9-5-3-8(4-6-9)7-10-11(16)13-12(15)17-10/h3-7,11,16H,1-2H3,(H,13,15)/b10-7-. The smallest absolute Gasteiger partial charge is 0.284 e. The SMILES string of the molecule is CN(C)c1ccc(/C=C2\SC(=O)NC2S)cc1. The lowest BCUT2D eigenvalue weighted by Crippen LogP contribution is -2.18. The van der Waals surface area contributed by atoms with Crippen molar-refractivity contribution in [3.8, 4) is 0 Å². The van der Waals surface area contributed by atoms with Gasteiger partial charge in [-0.1, -0.05) is 12.1 Å². The molecule has 1 atom stereocenters. The van der Waals surface area contributed by atoms with Crippen LogP contribution in [0.4, 0.5) is 10.5 Å². The summed E-state index contributed by atoms with van der Waals surface area (Å²) in [5.41, 5.74) is 2.23. The molecule has 17 heavy (non-hydrogen) atoms. The Morgan fingerprint density at radius 1 is 1.35 bits per heavy atom. The second kappa shape index (κ2) is 5.06. The third kappa shape index (κ3) is 2.98. The van der Waals surface area contributed by atoms with Gasteiger partial charge in [-0.2, -0.15) is 0 Å². The van der Waals surface area contributed by atoms with E-state index in [1.165, 1.54) is 11.8 Å². The maximum absolute atomic E-state index is 11.2. The lowest BCUT2D eigenvalue weighted by molar-refractivity contribution is 0.262. The molecule has 1 fully saturated rings. The van der Waals surface area contributed by atoms with Crippen LogP contribution in [0.25, 0.3) is 6.08 Å². The minimum absolute atomic E-state index is 0.0406. The number of hydrogen-bond donors (Lipinski definition) is 2. The number of nitrogens with one attached hydrogen (secondary N) is 1. The third-order valence-electron chi connectivity index (χ3n) is 2.45. The number of nitrogens with zero attached hydrogens (tertiary/aromatic N) is 1. The van der Waals surface area contributed by atoms with E-state index in [4.69, 9.17) is 0 Å². The fourth-order valence-electron chi connectivity index (χ4n) is 1.52. The monoisotopic (exact) mass is 266 g/mol. The van der Waals surface area contributed by atoms with Crippen LogP contribution < -0.4 is 10.2 Å². The number of carbonyl (C=O) groups excluding carboxylic acids is 1. The van der Waals surface area contributed by atoms with E-state index in [0.717, 1.165) is 16.2 Å². The third-order valence-corrected chi connectivity index (χ3v) is 3.93. The van der Waals surface area contributed by atoms with Gasteiger partial charge in [-0.25, -0.2) is 0 Å². The van der Waals surface area contributed by atoms with Crippen LogP contribution in [0.3, 0.4) is 0 Å². The van der Waals surface area contributed by atoms with E-state index in [-0.39, 0.29) is 10.6 Å². The molecule has 1 saturated heterocycles. The molecule has 0 aliphatic carbocycles. The van der Waals surface area contributed by atoms with Crippen LogP contribution in [0.2, 0.25) is 0 Å². The van der Waals surface area contributed by atoms with Crippen LogP contribution in [-0.4, -0.2) is 24.7 Å². The van der Waals surface area contributed by atoms with Crippen LogP contribution in [0.5, 0.6) is 0 Å². The molecule has 0 bridgehead atoms. The van der Waals surface area contributed by atoms with Gasteiger partial charge in [-0.3, -0.25) is 4.79 Å². The summed E-state index contributed by atoms with van der Waals surface area (Å²) in [6.07, 6.45) is 1.99. The lowest BCUT2D eigenvalue weighted by Gasteiger charge is -2.12. The molecular weight excluding hydrogens is 252 g/mol. The highest BCUT2D eigenvalue weighted by Gasteiger charge is 2.24. The first-order chi connectivity index (χ1) is 8.06. The number of carbonyl (C=O) groups is 1. The van der Waals surface area contributed by atoms with Gasteiger partial charge in [0.05, 0.1) is 0 Å². The molecule has 1 N–H and O–H groups in total. The van der Waals surface area contributed by atoms with Gasteiger partial charge < -0.3 is 10.2 Å². The van der Waals surface area contributed by atoms with Crippen molar-refractivity contribution in [1.82, 2.24) is 5.32 Å². The Hall–Kier alpha value is -1.07. The number of thiol groups is 1. The summed E-state index contributed by atoms with van der Waals surface area (Å²) in [5.74, 6) is 0. The highest BCUT2D eigenvalue weighted by Crippen LogP contribution is 2.31. The first-order valence-corrected chi connectivity index (χ1v) is 6.55. The second-order valence-electron chi connectivity index (χ2n) is 3.97. The fraction of sp³-hybridized carbons (Fsp3) is 0.250. The summed E-state index contributed by atoms with van der Waals surface area (Å²) in [6, 6.07) is 8.17. The predicted molar refractivity (Wildman–Crippen MR) is 77.6 cm³/mol. The molecule has 2 rings (SSSR count). The number of anilines is 1. The molecule has 1 amide bonds. The lowest BCUT2D eigenvalue weighted by atomic mass is 10.2. The minimum Gasteiger partial charge on any atom is -0.378 e. The Balaban J connectivity index is 2.18. The zero-order chi connectivity index (χ0) is 12.4. The van der Waals surface area contributed by atoms with Crippen LogP contribution in [0, 0.1) is 0 Å². The molecule has 1 unspecified atom stereocenters. The van der Waals surface area contributed by atoms with E-state index in [1.807, 2.05) is 37.2 Å². The summed E-state index contributed by atoms with van der Waals surface area (Å²) in [6.45, 7) is 0. The van der Waals surface area contributed by atoms with E-state index >= 15 is 0 Å². The Kier molecular flexibility index (Phi) is 3.69. The van der Waals surface area contributed by atoms with Crippen molar-refractivity contribution in [3.05, 3.63) is 34.7 Å². The Morgan fingerprint density at radius 2 is 2.00 bits per heavy atom. The van der Waals surface area contributed by atoms with Crippen molar-refractivity contribution in [3.63, 3.8) is 0 Å². The molecule has 1 heterocycles. The average Bonchev–Trinajstić information content (AvgIpc) is 2.58. The molecule has 90 valence electrons. The van der Waals surface area contributed by atoms with E-state index in [0.29, 0.717) is 0 Å². The molecule has 1 aliphatic rings. The van der Waals surface area contributed by atoms with Gasteiger partial charge in [-0.15, -0.1) is 12.6 Å². The Morgan fingerprint density at radius 3 is 2.47 bits per heavy atom. The van der Waals surface area contributed by atoms with Crippen LogP contribution in [0.15, 0.2) is 29.2 Å². The van der Waals surface area contributed by atoms with E-state index in [1.54, 1.807) is 0 Å². The van der Waals surface area contributed by atoms with Gasteiger partial charge in [0.2, 0.25) is 0 Å². The molecule has 1 aromatic carbocycles. The first kappa shape index (κ1) is 12.4. The highest BCUT2D eigenvalue weighted by molar-refractivity contribution is 8.18. The summed E-state index contributed by atoms with van der Waals surface area (Å²) < 4.78 is 0. The van der Waals surface area contributed by atoms with Gasteiger partial charge >= 0.3 is 0 Å². The topological polar surface area (TPSA) is 32.3 Å². The molecule has 0 spiro atoms. The molecule has 0 aromatic heterocycles. The normalized spacial score (nSPS) is 21.7. The number of benzene rings is 1. The molecule has 3 nitrogen and oxygen atoms in total. The van der Waals surface area contributed by atoms with Crippen LogP contribution >= 0.6 is 24.4 Å². The molecule has 1 aromatic rings. The zero-order valence-corrected chi connectivity index (χ0v) is 11.4. The fourth-order valence-corrected chi connectivity index (χ4v) is 2.71. The van der Waals surface area contributed by atoms with Crippen molar-refractivity contribution in [1.29, 1.82) is 0 Å². The molecule has 5 heteroatoms. The Bertz CT molecular complexity index is 454. The molecule has 1 aliphatic heterocycles. The molecule has 0 saturated carbocycles. The van der Waals surface area contributed by atoms with Crippen molar-refractivity contribution in [2.45, 2.75) is 5.37 Å². The maximum atomic E-state index is 11.2. The van der Waals surface area contributed by atoms with E-state index in [9.17, 15) is 4.79 Å². The zero-order valence-electron chi connectivity index (χ0n) is 9.68. The Labute approximate surface area is 111 Å². The van der Waals surface area contributed by atoms with Crippen molar-refractivity contribution >= 4 is 41.4 Å². The quantitative estimate of drug-likeness (QED) is 0.807. The van der Waals surface area contributed by atoms with Crippen molar-refractivity contribution < 1.29 is 4.79 Å². The van der Waals surface area contributed by atoms with Crippen LogP contribution in [-0.2, 0) is 0 Å². The number of amides is 1. The maximum Gasteiger partial charge on any atom is 0.284 e. The number of hydrogen-bond acceptors (Lipinski definition) is 4. The molecule has 0 radical (unpaired) electrons. The molecular formula is C12H14N2OS2. The van der Waals surface area contributed by atoms with Gasteiger partial charge in [0.25, 0.3) is 5.24 Å². The number of thioether (sulfide) groups is 1. The second-order valence-corrected chi connectivity index (χ2v) is 5.53. The van der Waals surface area contributed by atoms with E-state index in [2.05, 4.69) is 30.1 Å². The van der Waals surface area contributed by atoms with Gasteiger partial charge in [0.1, 0.15) is 5.37 Å². The van der Waals surface area contributed by atoms with Gasteiger partial charge in [0, 0.05) is 24.7 Å². The highest BCUT2D eigenvalue weighted by atomic mass is 32.2. The predicted octanol–water partition coefficient (Wildman–Crippen LogP) is 2.81. The summed E-state index contributed by atoms with van der Waals surface area (Å²) in [7, 11) is 4.01. The summed E-state index contributed by atoms with van der Waals surface area (Å²) in [4.78, 5) is 14.1. The van der Waals surface area contributed by atoms with Gasteiger partial charge in [-0.05, 0) is 35.5 Å². The number of rotatable bonds is 2. The average molecular weight is 266 g/mol. The van der Waals surface area contributed by atoms with Crippen LogP contribution in [0.1, 0.15) is 5.56 Å². The summed E-state index contributed by atoms with van der Waals surface area (Å²) >= 11 is 5.50. The largest absolute Gasteiger partial charge is 0.378 e. The first-order valence-electron chi connectivity index (χ1n) is 5.21. The summed E-state index contributed by atoms with van der Waals surface area (Å²) in [5, 5.41) is 2.51. The minimum atomic E-state index is -0.180. The van der Waals surface area contributed by atoms with Crippen molar-refractivity contribution in [2.75, 3.05) is 19.0 Å². The van der Waals surface area contributed by atoms with Gasteiger partial charge in [0.15, 0.2) is 0 Å². The van der Waals surface area contributed by atoms with Crippen molar-refractivity contribution in [2.24, 2.45) is 0 Å². The van der Waals surface area contributed by atoms with E-state index < -0.39 is 0 Å².